The number of nitrogens with zero attached hydrogens (tertiary/aromatic N) is 1. The van der Waals surface area contributed by atoms with Gasteiger partial charge in [-0.25, -0.2) is 4.79 Å². The van der Waals surface area contributed by atoms with E-state index in [1.807, 2.05) is 35.2 Å². The summed E-state index contributed by atoms with van der Waals surface area (Å²) in [4.78, 5) is 13.7. The molecule has 1 aromatic carbocycles. The van der Waals surface area contributed by atoms with Gasteiger partial charge in [-0.1, -0.05) is 37.3 Å². The Morgan fingerprint density at radius 3 is 2.82 bits per heavy atom. The first-order chi connectivity index (χ1) is 8.25. The highest BCUT2D eigenvalue weighted by atomic mass is 16.6. The van der Waals surface area contributed by atoms with Crippen LogP contribution in [-0.4, -0.2) is 23.6 Å². The van der Waals surface area contributed by atoms with Gasteiger partial charge in [0.2, 0.25) is 0 Å². The van der Waals surface area contributed by atoms with E-state index in [-0.39, 0.29) is 18.2 Å². The molecule has 0 bridgehead atoms. The van der Waals surface area contributed by atoms with Gasteiger partial charge in [0, 0.05) is 6.54 Å². The van der Waals surface area contributed by atoms with E-state index in [9.17, 15) is 4.79 Å². The summed E-state index contributed by atoms with van der Waals surface area (Å²) in [5.41, 5.74) is 1.11. The predicted octanol–water partition coefficient (Wildman–Crippen LogP) is 2.98. The molecule has 0 saturated carbocycles. The van der Waals surface area contributed by atoms with Crippen molar-refractivity contribution < 1.29 is 9.53 Å². The first-order valence-electron chi connectivity index (χ1n) is 6.28. The molecule has 1 unspecified atom stereocenters. The summed E-state index contributed by atoms with van der Waals surface area (Å²) in [6.07, 6.45) is 1.92. The summed E-state index contributed by atoms with van der Waals surface area (Å²) >= 11 is 0. The zero-order valence-electron chi connectivity index (χ0n) is 10.0. The molecule has 2 fully saturated rings. The SMILES string of the molecule is CC1CCN2C(=O)O[C@H](c3ccccc3)[C@H]2C1. The molecule has 0 radical (unpaired) electrons. The lowest BCUT2D eigenvalue weighted by molar-refractivity contribution is 0.129. The van der Waals surface area contributed by atoms with Crippen LogP contribution in [0.5, 0.6) is 0 Å². The van der Waals surface area contributed by atoms with Crippen LogP contribution in [0.15, 0.2) is 30.3 Å². The Hall–Kier alpha value is -1.51. The quantitative estimate of drug-likeness (QED) is 0.743. The molecule has 1 aromatic rings. The first-order valence-corrected chi connectivity index (χ1v) is 6.28. The summed E-state index contributed by atoms with van der Waals surface area (Å²) in [6.45, 7) is 3.09. The van der Waals surface area contributed by atoms with Crippen LogP contribution in [0.25, 0.3) is 0 Å². The van der Waals surface area contributed by atoms with Gasteiger partial charge >= 0.3 is 6.09 Å². The summed E-state index contributed by atoms with van der Waals surface area (Å²) in [5.74, 6) is 0.678. The second kappa shape index (κ2) is 4.06. The molecule has 1 amide bonds. The lowest BCUT2D eigenvalue weighted by Gasteiger charge is -2.32. The Morgan fingerprint density at radius 1 is 1.29 bits per heavy atom. The number of rotatable bonds is 1. The number of benzene rings is 1. The second-order valence-corrected chi connectivity index (χ2v) is 5.11. The molecule has 3 nitrogen and oxygen atoms in total. The average molecular weight is 231 g/mol. The van der Waals surface area contributed by atoms with Crippen molar-refractivity contribution in [1.82, 2.24) is 4.90 Å². The van der Waals surface area contributed by atoms with Crippen molar-refractivity contribution in [1.29, 1.82) is 0 Å². The molecule has 2 aliphatic rings. The van der Waals surface area contributed by atoms with Gasteiger partial charge in [-0.15, -0.1) is 0 Å². The molecule has 3 rings (SSSR count). The summed E-state index contributed by atoms with van der Waals surface area (Å²) in [6, 6.07) is 10.3. The van der Waals surface area contributed by atoms with Crippen molar-refractivity contribution in [2.24, 2.45) is 5.92 Å². The molecule has 0 N–H and O–H groups in total. The van der Waals surface area contributed by atoms with Gasteiger partial charge in [-0.05, 0) is 24.3 Å². The Morgan fingerprint density at radius 2 is 2.06 bits per heavy atom. The van der Waals surface area contributed by atoms with Crippen molar-refractivity contribution in [3.8, 4) is 0 Å². The summed E-state index contributed by atoms with van der Waals surface area (Å²) in [7, 11) is 0. The molecule has 2 heterocycles. The second-order valence-electron chi connectivity index (χ2n) is 5.11. The third-order valence-electron chi connectivity index (χ3n) is 3.85. The first kappa shape index (κ1) is 10.6. The number of cyclic esters (lactones) is 1. The highest BCUT2D eigenvalue weighted by Gasteiger charge is 2.44. The van der Waals surface area contributed by atoms with E-state index < -0.39 is 0 Å². The fourth-order valence-electron chi connectivity index (χ4n) is 2.88. The van der Waals surface area contributed by atoms with Crippen LogP contribution in [0.2, 0.25) is 0 Å². The van der Waals surface area contributed by atoms with E-state index in [0.717, 1.165) is 24.9 Å². The van der Waals surface area contributed by atoms with Gasteiger partial charge in [-0.2, -0.15) is 0 Å². The number of hydrogen-bond donors (Lipinski definition) is 0. The van der Waals surface area contributed by atoms with E-state index in [1.54, 1.807) is 0 Å². The largest absolute Gasteiger partial charge is 0.439 e. The number of ether oxygens (including phenoxy) is 1. The van der Waals surface area contributed by atoms with Crippen LogP contribution in [0.4, 0.5) is 4.79 Å². The number of carbonyl (C=O) groups is 1. The summed E-state index contributed by atoms with van der Waals surface area (Å²) < 4.78 is 5.53. The number of hydrogen-bond acceptors (Lipinski definition) is 2. The molecule has 2 aliphatic heterocycles. The van der Waals surface area contributed by atoms with Crippen LogP contribution in [-0.2, 0) is 4.74 Å². The van der Waals surface area contributed by atoms with Crippen molar-refractivity contribution >= 4 is 6.09 Å². The monoisotopic (exact) mass is 231 g/mol. The molecule has 2 saturated heterocycles. The number of amides is 1. The zero-order valence-corrected chi connectivity index (χ0v) is 10.0. The maximum absolute atomic E-state index is 11.8. The van der Waals surface area contributed by atoms with Gasteiger partial charge in [0.05, 0.1) is 6.04 Å². The standard InChI is InChI=1S/C14H17NO2/c1-10-7-8-15-12(9-10)13(17-14(15)16)11-5-3-2-4-6-11/h2-6,10,12-13H,7-9H2,1H3/t10?,12-,13-/m1/s1. The van der Waals surface area contributed by atoms with Crippen LogP contribution in [0.3, 0.4) is 0 Å². The fourth-order valence-corrected chi connectivity index (χ4v) is 2.88. The molecule has 3 atom stereocenters. The smallest absolute Gasteiger partial charge is 0.410 e. The van der Waals surface area contributed by atoms with Gasteiger partial charge in [0.15, 0.2) is 0 Å². The minimum atomic E-state index is -0.143. The topological polar surface area (TPSA) is 29.5 Å². The Kier molecular flexibility index (Phi) is 2.54. The Balaban J connectivity index is 1.89. The van der Waals surface area contributed by atoms with Crippen LogP contribution in [0, 0.1) is 5.92 Å². The maximum atomic E-state index is 11.8. The maximum Gasteiger partial charge on any atom is 0.410 e. The number of piperidine rings is 1. The van der Waals surface area contributed by atoms with Crippen molar-refractivity contribution in [2.45, 2.75) is 31.9 Å². The van der Waals surface area contributed by atoms with Gasteiger partial charge < -0.3 is 9.64 Å². The van der Waals surface area contributed by atoms with Gasteiger partial charge in [0.1, 0.15) is 6.10 Å². The predicted molar refractivity (Wildman–Crippen MR) is 64.6 cm³/mol. The van der Waals surface area contributed by atoms with E-state index in [4.69, 9.17) is 4.74 Å². The fraction of sp³-hybridized carbons (Fsp3) is 0.500. The number of fused-ring (bicyclic) bond motifs is 1. The molecular formula is C14H17NO2. The summed E-state index contributed by atoms with van der Waals surface area (Å²) in [5, 5.41) is 0. The third kappa shape index (κ3) is 1.79. The van der Waals surface area contributed by atoms with Gasteiger partial charge in [-0.3, -0.25) is 0 Å². The lowest BCUT2D eigenvalue weighted by atomic mass is 9.88. The van der Waals surface area contributed by atoms with E-state index in [1.165, 1.54) is 0 Å². The molecule has 0 aromatic heterocycles. The average Bonchev–Trinajstić information content (AvgIpc) is 2.67. The van der Waals surface area contributed by atoms with Crippen LogP contribution >= 0.6 is 0 Å². The Labute approximate surface area is 101 Å². The van der Waals surface area contributed by atoms with Gasteiger partial charge in [0.25, 0.3) is 0 Å². The minimum Gasteiger partial charge on any atom is -0.439 e. The molecule has 17 heavy (non-hydrogen) atoms. The Bertz CT molecular complexity index is 417. The highest BCUT2D eigenvalue weighted by molar-refractivity contribution is 5.71. The normalized spacial score (nSPS) is 32.2. The molecule has 90 valence electrons. The third-order valence-corrected chi connectivity index (χ3v) is 3.85. The molecule has 0 spiro atoms. The minimum absolute atomic E-state index is 0.0774. The van der Waals surface area contributed by atoms with E-state index in [0.29, 0.717) is 5.92 Å². The van der Waals surface area contributed by atoms with Crippen molar-refractivity contribution in [3.05, 3.63) is 35.9 Å². The van der Waals surface area contributed by atoms with Crippen molar-refractivity contribution in [2.75, 3.05) is 6.54 Å². The van der Waals surface area contributed by atoms with Crippen LogP contribution < -0.4 is 0 Å². The van der Waals surface area contributed by atoms with Crippen molar-refractivity contribution in [3.63, 3.8) is 0 Å². The zero-order chi connectivity index (χ0) is 11.8. The lowest BCUT2D eigenvalue weighted by Crippen LogP contribution is -2.40. The highest BCUT2D eigenvalue weighted by Crippen LogP contribution is 2.39. The molecule has 3 heteroatoms. The number of carbonyl (C=O) groups excluding carboxylic acids is 1. The molecule has 0 aliphatic carbocycles. The van der Waals surface area contributed by atoms with E-state index >= 15 is 0 Å². The van der Waals surface area contributed by atoms with E-state index in [2.05, 4.69) is 6.92 Å². The molecular weight excluding hydrogens is 214 g/mol. The van der Waals surface area contributed by atoms with Crippen LogP contribution in [0.1, 0.15) is 31.4 Å².